The second-order valence-corrected chi connectivity index (χ2v) is 7.16. The first kappa shape index (κ1) is 19.1. The van der Waals surface area contributed by atoms with Crippen LogP contribution in [-0.4, -0.2) is 60.2 Å². The summed E-state index contributed by atoms with van der Waals surface area (Å²) >= 11 is 0. The number of benzene rings is 1. The van der Waals surface area contributed by atoms with Gasteiger partial charge in [-0.15, -0.1) is 0 Å². The Morgan fingerprint density at radius 3 is 2.83 bits per heavy atom. The van der Waals surface area contributed by atoms with Crippen molar-refractivity contribution in [2.24, 2.45) is 4.99 Å². The molecule has 1 fully saturated rings. The van der Waals surface area contributed by atoms with E-state index in [0.717, 1.165) is 49.4 Å². The number of hydrogen-bond acceptors (Lipinski definition) is 5. The highest BCUT2D eigenvalue weighted by Gasteiger charge is 2.20. The number of anilines is 1. The Morgan fingerprint density at radius 1 is 1.24 bits per heavy atom. The van der Waals surface area contributed by atoms with Crippen molar-refractivity contribution in [1.82, 2.24) is 14.9 Å². The zero-order valence-corrected chi connectivity index (χ0v) is 16.6. The van der Waals surface area contributed by atoms with Crippen LogP contribution >= 0.6 is 0 Å². The predicted octanol–water partition coefficient (Wildman–Crippen LogP) is 3.73. The zero-order valence-electron chi connectivity index (χ0n) is 16.6. The lowest BCUT2D eigenvalue weighted by atomic mass is 10.1. The van der Waals surface area contributed by atoms with Crippen molar-refractivity contribution in [1.29, 1.82) is 0 Å². The highest BCUT2D eigenvalue weighted by Crippen LogP contribution is 2.32. The van der Waals surface area contributed by atoms with Gasteiger partial charge in [-0.1, -0.05) is 6.92 Å². The van der Waals surface area contributed by atoms with Gasteiger partial charge in [-0.2, -0.15) is 0 Å². The first-order valence-corrected chi connectivity index (χ1v) is 9.91. The molecule has 7 nitrogen and oxygen atoms in total. The summed E-state index contributed by atoms with van der Waals surface area (Å²) in [6.07, 6.45) is 4.64. The van der Waals surface area contributed by atoms with Gasteiger partial charge in [-0.25, -0.2) is 9.98 Å². The molecule has 1 aliphatic heterocycles. The van der Waals surface area contributed by atoms with E-state index in [9.17, 15) is 4.79 Å². The van der Waals surface area contributed by atoms with Crippen LogP contribution in [0.5, 0.6) is 11.5 Å². The first-order valence-electron chi connectivity index (χ1n) is 9.91. The van der Waals surface area contributed by atoms with Crippen LogP contribution in [0.1, 0.15) is 23.7 Å². The number of piperazine rings is 1. The Morgan fingerprint density at radius 2 is 2.07 bits per heavy atom. The van der Waals surface area contributed by atoms with Crippen molar-refractivity contribution in [2.45, 2.75) is 13.3 Å². The van der Waals surface area contributed by atoms with Crippen molar-refractivity contribution in [3.8, 4) is 11.5 Å². The smallest absolute Gasteiger partial charge is 0.280 e. The maximum Gasteiger partial charge on any atom is 0.280 e. The average Bonchev–Trinajstić information content (AvgIpc) is 3.22. The lowest BCUT2D eigenvalue weighted by molar-refractivity contribution is 0.100. The summed E-state index contributed by atoms with van der Waals surface area (Å²) in [5.41, 5.74) is 2.22. The number of H-pyrrole nitrogens is 1. The predicted molar refractivity (Wildman–Crippen MR) is 115 cm³/mol. The van der Waals surface area contributed by atoms with Crippen LogP contribution in [0.2, 0.25) is 0 Å². The number of rotatable bonds is 6. The molecular weight excluding hydrogens is 366 g/mol. The van der Waals surface area contributed by atoms with Crippen LogP contribution in [0, 0.1) is 0 Å². The topological polar surface area (TPSA) is 73.8 Å². The average molecular weight is 391 g/mol. The SMILES string of the molecule is C=NC(=O)c1ccc(N2CCN(CCC)CC2)cc1Oc1cnc2[nH]ccc2c1. The van der Waals surface area contributed by atoms with E-state index >= 15 is 0 Å². The summed E-state index contributed by atoms with van der Waals surface area (Å²) in [5, 5.41) is 0.945. The molecule has 0 radical (unpaired) electrons. The van der Waals surface area contributed by atoms with Crippen molar-refractivity contribution < 1.29 is 9.53 Å². The van der Waals surface area contributed by atoms with Crippen molar-refractivity contribution >= 4 is 29.3 Å². The molecule has 1 N–H and O–H groups in total. The quantitative estimate of drug-likeness (QED) is 0.648. The minimum Gasteiger partial charge on any atom is -0.455 e. The zero-order chi connectivity index (χ0) is 20.2. The summed E-state index contributed by atoms with van der Waals surface area (Å²) < 4.78 is 6.08. The summed E-state index contributed by atoms with van der Waals surface area (Å²) in [6.45, 7) is 10.7. The molecule has 29 heavy (non-hydrogen) atoms. The van der Waals surface area contributed by atoms with Crippen LogP contribution in [-0.2, 0) is 0 Å². The molecule has 0 saturated carbocycles. The van der Waals surface area contributed by atoms with Crippen LogP contribution in [0.25, 0.3) is 11.0 Å². The lowest BCUT2D eigenvalue weighted by Crippen LogP contribution is -2.46. The minimum atomic E-state index is -0.407. The number of hydrogen-bond donors (Lipinski definition) is 1. The molecule has 150 valence electrons. The van der Waals surface area contributed by atoms with Gasteiger partial charge in [0.05, 0.1) is 11.8 Å². The Bertz CT molecular complexity index is 1020. The van der Waals surface area contributed by atoms with E-state index in [1.807, 2.05) is 30.5 Å². The van der Waals surface area contributed by atoms with Gasteiger partial charge < -0.3 is 14.6 Å². The molecule has 1 amide bonds. The number of fused-ring (bicyclic) bond motifs is 1. The summed E-state index contributed by atoms with van der Waals surface area (Å²) in [7, 11) is 0. The van der Waals surface area contributed by atoms with Gasteiger partial charge in [0.2, 0.25) is 0 Å². The highest BCUT2D eigenvalue weighted by molar-refractivity contribution is 6.00. The molecule has 2 aromatic heterocycles. The number of aromatic nitrogens is 2. The number of aliphatic imine (C=N–C) groups is 1. The fraction of sp³-hybridized carbons (Fsp3) is 0.318. The molecule has 7 heteroatoms. The summed E-state index contributed by atoms with van der Waals surface area (Å²) in [6, 6.07) is 9.45. The lowest BCUT2D eigenvalue weighted by Gasteiger charge is -2.36. The van der Waals surface area contributed by atoms with E-state index in [2.05, 4.69) is 38.4 Å². The van der Waals surface area contributed by atoms with E-state index in [4.69, 9.17) is 4.74 Å². The van der Waals surface area contributed by atoms with Crippen LogP contribution in [0.15, 0.2) is 47.7 Å². The summed E-state index contributed by atoms with van der Waals surface area (Å²) in [4.78, 5) is 28.0. The molecule has 0 bridgehead atoms. The number of carbonyl (C=O) groups is 1. The normalized spacial score (nSPS) is 14.9. The number of carbonyl (C=O) groups excluding carboxylic acids is 1. The third-order valence-corrected chi connectivity index (χ3v) is 5.22. The number of aromatic amines is 1. The summed E-state index contributed by atoms with van der Waals surface area (Å²) in [5.74, 6) is 0.627. The Labute approximate surface area is 170 Å². The number of amides is 1. The molecule has 1 aromatic carbocycles. The van der Waals surface area contributed by atoms with Gasteiger partial charge in [-0.3, -0.25) is 9.69 Å². The monoisotopic (exact) mass is 391 g/mol. The number of pyridine rings is 1. The number of ether oxygens (including phenoxy) is 1. The second-order valence-electron chi connectivity index (χ2n) is 7.16. The largest absolute Gasteiger partial charge is 0.455 e. The molecule has 0 spiro atoms. The molecule has 1 saturated heterocycles. The number of nitrogens with one attached hydrogen (secondary N) is 1. The molecule has 0 aliphatic carbocycles. The molecule has 1 aliphatic rings. The van der Waals surface area contributed by atoms with Crippen LogP contribution < -0.4 is 9.64 Å². The van der Waals surface area contributed by atoms with E-state index in [0.29, 0.717) is 17.1 Å². The molecule has 3 heterocycles. The minimum absolute atomic E-state index is 0.391. The maximum atomic E-state index is 12.2. The van der Waals surface area contributed by atoms with Gasteiger partial charge in [0.1, 0.15) is 17.1 Å². The van der Waals surface area contributed by atoms with Crippen molar-refractivity contribution in [3.05, 3.63) is 48.3 Å². The van der Waals surface area contributed by atoms with Gasteiger partial charge in [0, 0.05) is 49.5 Å². The fourth-order valence-electron chi connectivity index (χ4n) is 3.70. The molecule has 4 rings (SSSR count). The van der Waals surface area contributed by atoms with Crippen molar-refractivity contribution in [3.63, 3.8) is 0 Å². The molecular formula is C22H25N5O2. The van der Waals surface area contributed by atoms with Crippen molar-refractivity contribution in [2.75, 3.05) is 37.6 Å². The van der Waals surface area contributed by atoms with E-state index in [1.165, 1.54) is 6.42 Å². The molecule has 0 atom stereocenters. The third kappa shape index (κ3) is 4.14. The Balaban J connectivity index is 1.60. The van der Waals surface area contributed by atoms with Gasteiger partial charge >= 0.3 is 0 Å². The van der Waals surface area contributed by atoms with Gasteiger partial charge in [0.15, 0.2) is 0 Å². The Hall–Kier alpha value is -3.19. The van der Waals surface area contributed by atoms with Gasteiger partial charge in [0.25, 0.3) is 5.91 Å². The molecule has 0 unspecified atom stereocenters. The first-order chi connectivity index (χ1) is 14.2. The maximum absolute atomic E-state index is 12.2. The van der Waals surface area contributed by atoms with Gasteiger partial charge in [-0.05, 0) is 43.9 Å². The van der Waals surface area contributed by atoms with E-state index in [1.54, 1.807) is 12.3 Å². The second kappa shape index (κ2) is 8.45. The van der Waals surface area contributed by atoms with Crippen LogP contribution in [0.4, 0.5) is 5.69 Å². The standard InChI is InChI=1S/C22H25N5O2/c1-3-8-26-9-11-27(12-10-26)17-4-5-19(22(28)23-2)20(14-17)29-18-13-16-6-7-24-21(16)25-15-18/h4-7,13-15H,2-3,8-12H2,1H3,(H,24,25). The van der Waals surface area contributed by atoms with E-state index in [-0.39, 0.29) is 0 Å². The fourth-order valence-corrected chi connectivity index (χ4v) is 3.70. The highest BCUT2D eigenvalue weighted by atomic mass is 16.5. The third-order valence-electron chi connectivity index (χ3n) is 5.22. The van der Waals surface area contributed by atoms with Crippen LogP contribution in [0.3, 0.4) is 0 Å². The Kier molecular flexibility index (Phi) is 5.57. The number of nitrogens with zero attached hydrogens (tertiary/aromatic N) is 4. The van der Waals surface area contributed by atoms with E-state index < -0.39 is 5.91 Å². The molecule has 3 aromatic rings.